The first-order valence-corrected chi connectivity index (χ1v) is 3.70. The van der Waals surface area contributed by atoms with Crippen LogP contribution in [-0.2, 0) is 0 Å². The van der Waals surface area contributed by atoms with E-state index in [1.807, 2.05) is 19.2 Å². The lowest BCUT2D eigenvalue weighted by Gasteiger charge is -2.09. The normalized spacial score (nSPS) is 12.9. The van der Waals surface area contributed by atoms with Gasteiger partial charge in [0, 0.05) is 6.04 Å². The number of phenols is 1. The van der Waals surface area contributed by atoms with Gasteiger partial charge in [-0.05, 0) is 31.7 Å². The van der Waals surface area contributed by atoms with E-state index in [2.05, 4.69) is 12.2 Å². The fourth-order valence-corrected chi connectivity index (χ4v) is 0.930. The number of rotatable bonds is 2. The van der Waals surface area contributed by atoms with Gasteiger partial charge in [0.1, 0.15) is 5.75 Å². The van der Waals surface area contributed by atoms with Crippen LogP contribution < -0.4 is 5.32 Å². The molecule has 2 nitrogen and oxygen atoms in total. The first kappa shape index (κ1) is 8.08. The van der Waals surface area contributed by atoms with E-state index in [0.717, 1.165) is 0 Å². The summed E-state index contributed by atoms with van der Waals surface area (Å²) in [7, 11) is 1.91. The zero-order chi connectivity index (χ0) is 8.27. The highest BCUT2D eigenvalue weighted by Crippen LogP contribution is 2.15. The minimum atomic E-state index is 0.317. The summed E-state index contributed by atoms with van der Waals surface area (Å²) in [6, 6.07) is 7.56. The maximum Gasteiger partial charge on any atom is 0.115 e. The van der Waals surface area contributed by atoms with Gasteiger partial charge in [-0.15, -0.1) is 0 Å². The predicted molar refractivity (Wildman–Crippen MR) is 45.6 cm³/mol. The first-order valence-electron chi connectivity index (χ1n) is 3.70. The molecule has 0 heterocycles. The monoisotopic (exact) mass is 151 g/mol. The minimum Gasteiger partial charge on any atom is -0.508 e. The van der Waals surface area contributed by atoms with Gasteiger partial charge in [0.05, 0.1) is 0 Å². The first-order chi connectivity index (χ1) is 5.24. The molecule has 1 aromatic carbocycles. The summed E-state index contributed by atoms with van der Waals surface area (Å²) in [6.07, 6.45) is 0. The fraction of sp³-hybridized carbons (Fsp3) is 0.333. The topological polar surface area (TPSA) is 32.3 Å². The van der Waals surface area contributed by atoms with Crippen molar-refractivity contribution >= 4 is 0 Å². The van der Waals surface area contributed by atoms with Crippen molar-refractivity contribution < 1.29 is 5.11 Å². The predicted octanol–water partition coefficient (Wildman–Crippen LogP) is 1.67. The Balaban J connectivity index is 2.81. The van der Waals surface area contributed by atoms with Crippen molar-refractivity contribution in [2.45, 2.75) is 13.0 Å². The highest BCUT2D eigenvalue weighted by Gasteiger charge is 1.99. The SMILES string of the molecule is CN[C@H](C)c1ccc(O)cc1. The second-order valence-electron chi connectivity index (χ2n) is 2.60. The molecule has 0 saturated carbocycles. The summed E-state index contributed by atoms with van der Waals surface area (Å²) in [4.78, 5) is 0. The third-order valence-corrected chi connectivity index (χ3v) is 1.83. The Morgan fingerprint density at radius 2 is 1.82 bits per heavy atom. The van der Waals surface area contributed by atoms with E-state index in [1.54, 1.807) is 12.1 Å². The van der Waals surface area contributed by atoms with Crippen molar-refractivity contribution in [3.8, 4) is 5.75 Å². The second-order valence-corrected chi connectivity index (χ2v) is 2.60. The molecule has 0 aliphatic carbocycles. The summed E-state index contributed by atoms with van der Waals surface area (Å²) in [5, 5.41) is 12.1. The summed E-state index contributed by atoms with van der Waals surface area (Å²) in [5.74, 6) is 0.317. The van der Waals surface area contributed by atoms with Gasteiger partial charge in [0.15, 0.2) is 0 Å². The van der Waals surface area contributed by atoms with Crippen LogP contribution in [0.3, 0.4) is 0 Å². The van der Waals surface area contributed by atoms with Gasteiger partial charge >= 0.3 is 0 Å². The molecule has 0 amide bonds. The number of phenolic OH excluding ortho intramolecular Hbond substituents is 1. The molecule has 0 saturated heterocycles. The lowest BCUT2D eigenvalue weighted by atomic mass is 10.1. The Morgan fingerprint density at radius 3 is 2.27 bits per heavy atom. The van der Waals surface area contributed by atoms with Gasteiger partial charge in [0.2, 0.25) is 0 Å². The molecule has 0 fully saturated rings. The minimum absolute atomic E-state index is 0.317. The van der Waals surface area contributed by atoms with Crippen molar-refractivity contribution in [3.63, 3.8) is 0 Å². The summed E-state index contributed by atoms with van der Waals surface area (Å²) in [6.45, 7) is 2.08. The average molecular weight is 151 g/mol. The van der Waals surface area contributed by atoms with E-state index >= 15 is 0 Å². The molecule has 0 aromatic heterocycles. The Labute approximate surface area is 66.9 Å². The fourth-order valence-electron chi connectivity index (χ4n) is 0.930. The van der Waals surface area contributed by atoms with E-state index in [1.165, 1.54) is 5.56 Å². The largest absolute Gasteiger partial charge is 0.508 e. The van der Waals surface area contributed by atoms with Crippen molar-refractivity contribution in [1.82, 2.24) is 5.32 Å². The summed E-state index contributed by atoms with van der Waals surface area (Å²) in [5.41, 5.74) is 1.19. The average Bonchev–Trinajstić information content (AvgIpc) is 2.05. The molecule has 2 N–H and O–H groups in total. The molecule has 0 bridgehead atoms. The molecule has 0 aliphatic heterocycles. The van der Waals surface area contributed by atoms with Crippen molar-refractivity contribution in [3.05, 3.63) is 29.8 Å². The van der Waals surface area contributed by atoms with Crippen LogP contribution in [0.5, 0.6) is 5.75 Å². The van der Waals surface area contributed by atoms with Crippen LogP contribution >= 0.6 is 0 Å². The van der Waals surface area contributed by atoms with Gasteiger partial charge in [-0.2, -0.15) is 0 Å². The Kier molecular flexibility index (Phi) is 2.49. The van der Waals surface area contributed by atoms with Gasteiger partial charge in [-0.25, -0.2) is 0 Å². The van der Waals surface area contributed by atoms with Crippen LogP contribution in [0.2, 0.25) is 0 Å². The van der Waals surface area contributed by atoms with Crippen molar-refractivity contribution in [2.24, 2.45) is 0 Å². The molecule has 0 unspecified atom stereocenters. The van der Waals surface area contributed by atoms with Crippen LogP contribution in [0.15, 0.2) is 24.3 Å². The molecule has 1 rings (SSSR count). The third kappa shape index (κ3) is 1.95. The molecular weight excluding hydrogens is 138 g/mol. The molecule has 2 heteroatoms. The third-order valence-electron chi connectivity index (χ3n) is 1.83. The summed E-state index contributed by atoms with van der Waals surface area (Å²) >= 11 is 0. The molecule has 0 radical (unpaired) electrons. The molecule has 11 heavy (non-hydrogen) atoms. The van der Waals surface area contributed by atoms with E-state index < -0.39 is 0 Å². The second kappa shape index (κ2) is 3.39. The number of hydrogen-bond acceptors (Lipinski definition) is 2. The van der Waals surface area contributed by atoms with Crippen molar-refractivity contribution in [1.29, 1.82) is 0 Å². The Bertz CT molecular complexity index is 218. The lowest BCUT2D eigenvalue weighted by molar-refractivity contribution is 0.474. The zero-order valence-corrected chi connectivity index (χ0v) is 6.83. The maximum absolute atomic E-state index is 8.99. The highest BCUT2D eigenvalue weighted by atomic mass is 16.3. The van der Waals surface area contributed by atoms with Gasteiger partial charge < -0.3 is 10.4 Å². The number of hydrogen-bond donors (Lipinski definition) is 2. The number of aromatic hydroxyl groups is 1. The molecular formula is C9H13NO. The van der Waals surface area contributed by atoms with Crippen LogP contribution in [0.4, 0.5) is 0 Å². The van der Waals surface area contributed by atoms with Gasteiger partial charge in [-0.3, -0.25) is 0 Å². The van der Waals surface area contributed by atoms with Crippen LogP contribution in [0, 0.1) is 0 Å². The quantitative estimate of drug-likeness (QED) is 0.674. The van der Waals surface area contributed by atoms with Gasteiger partial charge in [0.25, 0.3) is 0 Å². The van der Waals surface area contributed by atoms with Crippen molar-refractivity contribution in [2.75, 3.05) is 7.05 Å². The van der Waals surface area contributed by atoms with E-state index in [9.17, 15) is 0 Å². The molecule has 0 aliphatic rings. The highest BCUT2D eigenvalue weighted by molar-refractivity contribution is 5.27. The zero-order valence-electron chi connectivity index (χ0n) is 6.83. The maximum atomic E-state index is 8.99. The molecule has 60 valence electrons. The number of benzene rings is 1. The van der Waals surface area contributed by atoms with E-state index in [0.29, 0.717) is 11.8 Å². The smallest absolute Gasteiger partial charge is 0.115 e. The van der Waals surface area contributed by atoms with E-state index in [4.69, 9.17) is 5.11 Å². The molecule has 1 aromatic rings. The number of nitrogens with one attached hydrogen (secondary N) is 1. The Hall–Kier alpha value is -1.02. The van der Waals surface area contributed by atoms with Crippen LogP contribution in [-0.4, -0.2) is 12.2 Å². The Morgan fingerprint density at radius 1 is 1.27 bits per heavy atom. The van der Waals surface area contributed by atoms with Crippen LogP contribution in [0.25, 0.3) is 0 Å². The van der Waals surface area contributed by atoms with Crippen LogP contribution in [0.1, 0.15) is 18.5 Å². The van der Waals surface area contributed by atoms with E-state index in [-0.39, 0.29) is 0 Å². The van der Waals surface area contributed by atoms with Gasteiger partial charge in [-0.1, -0.05) is 12.1 Å². The lowest BCUT2D eigenvalue weighted by Crippen LogP contribution is -2.11. The standard InChI is InChI=1S/C9H13NO/c1-7(10-2)8-3-5-9(11)6-4-8/h3-7,10-11H,1-2H3/t7-/m1/s1. The summed E-state index contributed by atoms with van der Waals surface area (Å²) < 4.78 is 0. The molecule has 1 atom stereocenters. The molecule has 0 spiro atoms.